The second-order valence-electron chi connectivity index (χ2n) is 5.42. The van der Waals surface area contributed by atoms with Gasteiger partial charge in [-0.3, -0.25) is 4.98 Å². The molecule has 20 heavy (non-hydrogen) atoms. The maximum absolute atomic E-state index is 4.60. The summed E-state index contributed by atoms with van der Waals surface area (Å²) in [7, 11) is 0. The Balaban J connectivity index is 2.24. The first kappa shape index (κ1) is 15.0. The molecule has 0 saturated heterocycles. The van der Waals surface area contributed by atoms with Crippen LogP contribution in [-0.2, 0) is 0 Å². The average molecular weight is 270 g/mol. The first-order valence-corrected chi connectivity index (χ1v) is 7.93. The van der Waals surface area contributed by atoms with Crippen molar-refractivity contribution >= 4 is 10.9 Å². The molecule has 0 radical (unpaired) electrons. The Morgan fingerprint density at radius 3 is 2.70 bits per heavy atom. The van der Waals surface area contributed by atoms with Crippen LogP contribution in [0.25, 0.3) is 10.9 Å². The van der Waals surface area contributed by atoms with Gasteiger partial charge in [0.15, 0.2) is 0 Å². The number of benzene rings is 1. The SMILES string of the molecule is CCCCCC(NCCC)c1cccc2cccnc12. The molecular formula is C18H26N2. The molecule has 0 bridgehead atoms. The van der Waals surface area contributed by atoms with Crippen LogP contribution >= 0.6 is 0 Å². The van der Waals surface area contributed by atoms with Gasteiger partial charge in [0.1, 0.15) is 0 Å². The van der Waals surface area contributed by atoms with E-state index in [0.717, 1.165) is 12.1 Å². The van der Waals surface area contributed by atoms with Crippen molar-refractivity contribution < 1.29 is 0 Å². The molecule has 2 rings (SSSR count). The van der Waals surface area contributed by atoms with Gasteiger partial charge in [-0.2, -0.15) is 0 Å². The molecule has 1 atom stereocenters. The quantitative estimate of drug-likeness (QED) is 0.693. The molecule has 1 aromatic carbocycles. The highest BCUT2D eigenvalue weighted by Gasteiger charge is 2.13. The van der Waals surface area contributed by atoms with Crippen molar-refractivity contribution in [2.24, 2.45) is 0 Å². The van der Waals surface area contributed by atoms with E-state index in [9.17, 15) is 0 Å². The van der Waals surface area contributed by atoms with Gasteiger partial charge in [0.05, 0.1) is 5.52 Å². The van der Waals surface area contributed by atoms with Crippen LogP contribution in [0.5, 0.6) is 0 Å². The molecule has 0 amide bonds. The van der Waals surface area contributed by atoms with Crippen molar-refractivity contribution in [1.82, 2.24) is 10.3 Å². The van der Waals surface area contributed by atoms with Crippen LogP contribution in [-0.4, -0.2) is 11.5 Å². The Morgan fingerprint density at radius 1 is 1.05 bits per heavy atom. The lowest BCUT2D eigenvalue weighted by Gasteiger charge is -2.20. The fourth-order valence-electron chi connectivity index (χ4n) is 2.69. The van der Waals surface area contributed by atoms with Crippen molar-refractivity contribution in [2.75, 3.05) is 6.54 Å². The molecule has 2 aromatic rings. The Kier molecular flexibility index (Phi) is 6.00. The van der Waals surface area contributed by atoms with E-state index in [0.29, 0.717) is 6.04 Å². The minimum Gasteiger partial charge on any atom is -0.310 e. The van der Waals surface area contributed by atoms with Gasteiger partial charge >= 0.3 is 0 Å². The highest BCUT2D eigenvalue weighted by Crippen LogP contribution is 2.26. The Morgan fingerprint density at radius 2 is 1.90 bits per heavy atom. The minimum atomic E-state index is 0.431. The molecule has 0 spiro atoms. The van der Waals surface area contributed by atoms with Crippen molar-refractivity contribution in [3.63, 3.8) is 0 Å². The molecule has 0 aliphatic rings. The zero-order valence-corrected chi connectivity index (χ0v) is 12.7. The maximum atomic E-state index is 4.60. The van der Waals surface area contributed by atoms with Gasteiger partial charge in [0.2, 0.25) is 0 Å². The third kappa shape index (κ3) is 3.80. The molecule has 2 nitrogen and oxygen atoms in total. The summed E-state index contributed by atoms with van der Waals surface area (Å²) in [6, 6.07) is 11.1. The molecular weight excluding hydrogens is 244 g/mol. The Bertz CT molecular complexity index is 516. The Hall–Kier alpha value is -1.41. The van der Waals surface area contributed by atoms with E-state index < -0.39 is 0 Å². The Labute approximate surface area is 122 Å². The fourth-order valence-corrected chi connectivity index (χ4v) is 2.69. The maximum Gasteiger partial charge on any atom is 0.0749 e. The number of nitrogens with zero attached hydrogens (tertiary/aromatic N) is 1. The van der Waals surface area contributed by atoms with Crippen molar-refractivity contribution in [1.29, 1.82) is 0 Å². The lowest BCUT2D eigenvalue weighted by molar-refractivity contribution is 0.476. The van der Waals surface area contributed by atoms with Gasteiger partial charge < -0.3 is 5.32 Å². The van der Waals surface area contributed by atoms with Crippen LogP contribution < -0.4 is 5.32 Å². The molecule has 0 fully saturated rings. The molecule has 0 aliphatic heterocycles. The van der Waals surface area contributed by atoms with E-state index in [2.05, 4.69) is 48.4 Å². The zero-order valence-electron chi connectivity index (χ0n) is 12.7. The van der Waals surface area contributed by atoms with Gasteiger partial charge in [0.25, 0.3) is 0 Å². The lowest BCUT2D eigenvalue weighted by atomic mass is 9.97. The molecule has 0 saturated carbocycles. The molecule has 2 heteroatoms. The summed E-state index contributed by atoms with van der Waals surface area (Å²) in [5.74, 6) is 0. The van der Waals surface area contributed by atoms with Crippen molar-refractivity contribution in [3.05, 3.63) is 42.1 Å². The first-order valence-electron chi connectivity index (χ1n) is 7.93. The number of hydrogen-bond acceptors (Lipinski definition) is 2. The fraction of sp³-hybridized carbons (Fsp3) is 0.500. The van der Waals surface area contributed by atoms with E-state index in [-0.39, 0.29) is 0 Å². The molecule has 108 valence electrons. The smallest absolute Gasteiger partial charge is 0.0749 e. The number of aromatic nitrogens is 1. The van der Waals surface area contributed by atoms with Crippen molar-refractivity contribution in [2.45, 2.75) is 52.0 Å². The van der Waals surface area contributed by atoms with Gasteiger partial charge in [0, 0.05) is 17.6 Å². The standard InChI is InChI=1S/C18H26N2/c1-3-5-6-12-17(19-13-4-2)16-11-7-9-15-10-8-14-20-18(15)16/h7-11,14,17,19H,3-6,12-13H2,1-2H3. The van der Waals surface area contributed by atoms with Gasteiger partial charge in [-0.15, -0.1) is 0 Å². The molecule has 1 aromatic heterocycles. The predicted octanol–water partition coefficient (Wildman–Crippen LogP) is 4.86. The zero-order chi connectivity index (χ0) is 14.2. The largest absolute Gasteiger partial charge is 0.310 e. The number of unbranched alkanes of at least 4 members (excludes halogenated alkanes) is 2. The van der Waals surface area contributed by atoms with Crippen LogP contribution in [0.3, 0.4) is 0 Å². The molecule has 1 heterocycles. The van der Waals surface area contributed by atoms with Gasteiger partial charge in [-0.1, -0.05) is 57.4 Å². The van der Waals surface area contributed by atoms with Crippen LogP contribution in [0.1, 0.15) is 57.6 Å². The molecule has 1 unspecified atom stereocenters. The van der Waals surface area contributed by atoms with E-state index in [1.807, 2.05) is 12.3 Å². The van der Waals surface area contributed by atoms with E-state index in [1.54, 1.807) is 0 Å². The van der Waals surface area contributed by atoms with Gasteiger partial charge in [-0.05, 0) is 31.0 Å². The number of pyridine rings is 1. The van der Waals surface area contributed by atoms with Crippen LogP contribution in [0.15, 0.2) is 36.5 Å². The third-order valence-corrected chi connectivity index (χ3v) is 3.78. The lowest BCUT2D eigenvalue weighted by Crippen LogP contribution is -2.22. The van der Waals surface area contributed by atoms with E-state index >= 15 is 0 Å². The van der Waals surface area contributed by atoms with Crippen molar-refractivity contribution in [3.8, 4) is 0 Å². The normalized spacial score (nSPS) is 12.7. The summed E-state index contributed by atoms with van der Waals surface area (Å²) >= 11 is 0. The highest BCUT2D eigenvalue weighted by atomic mass is 14.9. The second-order valence-corrected chi connectivity index (χ2v) is 5.42. The van der Waals surface area contributed by atoms with E-state index in [4.69, 9.17) is 0 Å². The minimum absolute atomic E-state index is 0.431. The predicted molar refractivity (Wildman–Crippen MR) is 86.9 cm³/mol. The van der Waals surface area contributed by atoms with Gasteiger partial charge in [-0.25, -0.2) is 0 Å². The third-order valence-electron chi connectivity index (χ3n) is 3.78. The number of para-hydroxylation sites is 1. The first-order chi connectivity index (χ1) is 9.86. The molecule has 1 N–H and O–H groups in total. The molecule has 0 aliphatic carbocycles. The topological polar surface area (TPSA) is 24.9 Å². The average Bonchev–Trinajstić information content (AvgIpc) is 2.50. The monoisotopic (exact) mass is 270 g/mol. The number of nitrogens with one attached hydrogen (secondary N) is 1. The summed E-state index contributed by atoms with van der Waals surface area (Å²) in [5.41, 5.74) is 2.51. The number of hydrogen-bond donors (Lipinski definition) is 1. The highest BCUT2D eigenvalue weighted by molar-refractivity contribution is 5.81. The summed E-state index contributed by atoms with van der Waals surface area (Å²) in [6.45, 7) is 5.55. The summed E-state index contributed by atoms with van der Waals surface area (Å²) in [4.78, 5) is 4.60. The number of rotatable bonds is 8. The van der Waals surface area contributed by atoms with Crippen LogP contribution in [0.2, 0.25) is 0 Å². The number of fused-ring (bicyclic) bond motifs is 1. The van der Waals surface area contributed by atoms with E-state index in [1.165, 1.54) is 43.1 Å². The second kappa shape index (κ2) is 8.01. The summed E-state index contributed by atoms with van der Waals surface area (Å²) < 4.78 is 0. The summed E-state index contributed by atoms with van der Waals surface area (Å²) in [6.07, 6.45) is 8.12. The summed E-state index contributed by atoms with van der Waals surface area (Å²) in [5, 5.41) is 4.94. The van der Waals surface area contributed by atoms with Crippen LogP contribution in [0, 0.1) is 0 Å². The van der Waals surface area contributed by atoms with Crippen LogP contribution in [0.4, 0.5) is 0 Å².